The largest absolute Gasteiger partial charge is 0.481 e. The number of allylic oxidation sites excluding steroid dienone is 2. The Morgan fingerprint density at radius 2 is 1.94 bits per heavy atom. The number of hydrogen-bond donors (Lipinski definition) is 2. The second-order valence-electron chi connectivity index (χ2n) is 5.14. The summed E-state index contributed by atoms with van der Waals surface area (Å²) in [5.74, 6) is -2.28. The molecule has 0 bridgehead atoms. The van der Waals surface area contributed by atoms with E-state index in [-0.39, 0.29) is 11.5 Å². The van der Waals surface area contributed by atoms with Crippen LogP contribution < -0.4 is 0 Å². The molecular weight excluding hydrogens is 232 g/mol. The lowest BCUT2D eigenvalue weighted by atomic mass is 9.61. The summed E-state index contributed by atoms with van der Waals surface area (Å²) in [5, 5.41) is 18.9. The molecule has 0 amide bonds. The molecule has 0 aromatic carbocycles. The molecule has 0 aromatic heterocycles. The van der Waals surface area contributed by atoms with Crippen LogP contribution in [-0.2, 0) is 9.59 Å². The van der Waals surface area contributed by atoms with E-state index >= 15 is 0 Å². The van der Waals surface area contributed by atoms with E-state index in [0.29, 0.717) is 6.42 Å². The number of aliphatic carboxylic acids is 2. The third kappa shape index (κ3) is 1.59. The van der Waals surface area contributed by atoms with Gasteiger partial charge in [0.25, 0.3) is 0 Å². The summed E-state index contributed by atoms with van der Waals surface area (Å²) in [6.45, 7) is 3.66. The SMILES string of the molecule is CCC1=CC=C(C(=O)O)C(C)C1(C(=O)O)C1CC1. The predicted octanol–water partition coefficient (Wildman–Crippen LogP) is 2.46. The maximum Gasteiger partial charge on any atom is 0.331 e. The van der Waals surface area contributed by atoms with E-state index in [2.05, 4.69) is 0 Å². The Hall–Kier alpha value is -1.58. The van der Waals surface area contributed by atoms with Crippen molar-refractivity contribution in [3.05, 3.63) is 23.3 Å². The second-order valence-corrected chi connectivity index (χ2v) is 5.14. The predicted molar refractivity (Wildman–Crippen MR) is 66.0 cm³/mol. The van der Waals surface area contributed by atoms with Gasteiger partial charge in [0.2, 0.25) is 0 Å². The Labute approximate surface area is 106 Å². The zero-order valence-electron chi connectivity index (χ0n) is 10.6. The van der Waals surface area contributed by atoms with Gasteiger partial charge in [0.15, 0.2) is 0 Å². The normalized spacial score (nSPS) is 31.6. The monoisotopic (exact) mass is 250 g/mol. The van der Waals surface area contributed by atoms with Gasteiger partial charge >= 0.3 is 11.9 Å². The average molecular weight is 250 g/mol. The van der Waals surface area contributed by atoms with E-state index in [9.17, 15) is 19.8 Å². The number of carboxylic acids is 2. The van der Waals surface area contributed by atoms with Crippen LogP contribution in [-0.4, -0.2) is 22.2 Å². The van der Waals surface area contributed by atoms with E-state index < -0.39 is 23.3 Å². The molecule has 18 heavy (non-hydrogen) atoms. The van der Waals surface area contributed by atoms with Crippen LogP contribution in [0.1, 0.15) is 33.1 Å². The van der Waals surface area contributed by atoms with E-state index in [4.69, 9.17) is 0 Å². The van der Waals surface area contributed by atoms with Crippen LogP contribution in [0, 0.1) is 17.3 Å². The maximum absolute atomic E-state index is 11.8. The lowest BCUT2D eigenvalue weighted by molar-refractivity contribution is -0.151. The van der Waals surface area contributed by atoms with Crippen molar-refractivity contribution in [1.29, 1.82) is 0 Å². The van der Waals surface area contributed by atoms with E-state index in [1.807, 2.05) is 6.92 Å². The van der Waals surface area contributed by atoms with Gasteiger partial charge in [0.05, 0.1) is 5.41 Å². The molecule has 0 aliphatic heterocycles. The Balaban J connectivity index is 2.56. The van der Waals surface area contributed by atoms with Crippen LogP contribution in [0.25, 0.3) is 0 Å². The van der Waals surface area contributed by atoms with E-state index in [1.165, 1.54) is 0 Å². The van der Waals surface area contributed by atoms with Crippen molar-refractivity contribution in [2.75, 3.05) is 0 Å². The molecule has 1 fully saturated rings. The van der Waals surface area contributed by atoms with Gasteiger partial charge in [-0.05, 0) is 25.2 Å². The molecule has 98 valence electrons. The van der Waals surface area contributed by atoms with Crippen LogP contribution in [0.5, 0.6) is 0 Å². The summed E-state index contributed by atoms with van der Waals surface area (Å²) < 4.78 is 0. The first-order valence-corrected chi connectivity index (χ1v) is 6.34. The fraction of sp³-hybridized carbons (Fsp3) is 0.571. The first-order chi connectivity index (χ1) is 8.46. The van der Waals surface area contributed by atoms with Gasteiger partial charge in [-0.1, -0.05) is 31.6 Å². The molecule has 2 atom stereocenters. The molecule has 2 aliphatic rings. The van der Waals surface area contributed by atoms with Crippen molar-refractivity contribution in [2.45, 2.75) is 33.1 Å². The molecule has 0 aromatic rings. The summed E-state index contributed by atoms with van der Waals surface area (Å²) >= 11 is 0. The second kappa shape index (κ2) is 4.26. The molecule has 2 rings (SSSR count). The van der Waals surface area contributed by atoms with Crippen molar-refractivity contribution in [1.82, 2.24) is 0 Å². The first-order valence-electron chi connectivity index (χ1n) is 6.34. The lowest BCUT2D eigenvalue weighted by Crippen LogP contribution is -2.44. The van der Waals surface area contributed by atoms with Crippen LogP contribution in [0.4, 0.5) is 0 Å². The molecule has 4 nitrogen and oxygen atoms in total. The fourth-order valence-corrected chi connectivity index (χ4v) is 3.31. The maximum atomic E-state index is 11.8. The third-order valence-corrected chi connectivity index (χ3v) is 4.35. The highest BCUT2D eigenvalue weighted by molar-refractivity contribution is 5.92. The zero-order valence-corrected chi connectivity index (χ0v) is 10.6. The van der Waals surface area contributed by atoms with E-state index in [0.717, 1.165) is 18.4 Å². The minimum absolute atomic E-state index is 0.0826. The molecular formula is C14H18O4. The average Bonchev–Trinajstić information content (AvgIpc) is 3.11. The molecule has 0 saturated heterocycles. The topological polar surface area (TPSA) is 74.6 Å². The minimum Gasteiger partial charge on any atom is -0.481 e. The summed E-state index contributed by atoms with van der Waals surface area (Å²) in [5.41, 5.74) is 0.0634. The van der Waals surface area contributed by atoms with Crippen LogP contribution in [0.15, 0.2) is 23.3 Å². The Kier molecular flexibility index (Phi) is 3.05. The van der Waals surface area contributed by atoms with Gasteiger partial charge in [-0.3, -0.25) is 4.79 Å². The molecule has 4 heteroatoms. The zero-order chi connectivity index (χ0) is 13.5. The van der Waals surface area contributed by atoms with Crippen LogP contribution >= 0.6 is 0 Å². The number of carboxylic acid groups (broad SMARTS) is 2. The van der Waals surface area contributed by atoms with Crippen LogP contribution in [0.3, 0.4) is 0 Å². The van der Waals surface area contributed by atoms with Crippen molar-refractivity contribution in [2.24, 2.45) is 17.3 Å². The Morgan fingerprint density at radius 1 is 1.33 bits per heavy atom. The Morgan fingerprint density at radius 3 is 2.33 bits per heavy atom. The van der Waals surface area contributed by atoms with Crippen LogP contribution in [0.2, 0.25) is 0 Å². The summed E-state index contributed by atoms with van der Waals surface area (Å²) in [4.78, 5) is 23.1. The van der Waals surface area contributed by atoms with Crippen molar-refractivity contribution in [3.63, 3.8) is 0 Å². The van der Waals surface area contributed by atoms with Crippen molar-refractivity contribution >= 4 is 11.9 Å². The minimum atomic E-state index is -1.01. The molecule has 2 N–H and O–H groups in total. The van der Waals surface area contributed by atoms with E-state index in [1.54, 1.807) is 19.1 Å². The van der Waals surface area contributed by atoms with Gasteiger partial charge in [0.1, 0.15) is 0 Å². The fourth-order valence-electron chi connectivity index (χ4n) is 3.31. The summed E-state index contributed by atoms with van der Waals surface area (Å²) in [7, 11) is 0. The number of carbonyl (C=O) groups is 2. The molecule has 2 aliphatic carbocycles. The van der Waals surface area contributed by atoms with Gasteiger partial charge in [-0.15, -0.1) is 0 Å². The highest BCUT2D eigenvalue weighted by Gasteiger charge is 2.58. The molecule has 0 heterocycles. The van der Waals surface area contributed by atoms with Gasteiger partial charge in [-0.25, -0.2) is 4.79 Å². The third-order valence-electron chi connectivity index (χ3n) is 4.35. The smallest absolute Gasteiger partial charge is 0.331 e. The lowest BCUT2D eigenvalue weighted by Gasteiger charge is -2.40. The first kappa shape index (κ1) is 12.9. The molecule has 2 unspecified atom stereocenters. The van der Waals surface area contributed by atoms with Crippen molar-refractivity contribution < 1.29 is 19.8 Å². The van der Waals surface area contributed by atoms with Gasteiger partial charge in [0, 0.05) is 11.5 Å². The van der Waals surface area contributed by atoms with Gasteiger partial charge < -0.3 is 10.2 Å². The number of rotatable bonds is 4. The quantitative estimate of drug-likeness (QED) is 0.803. The van der Waals surface area contributed by atoms with Gasteiger partial charge in [-0.2, -0.15) is 0 Å². The highest BCUT2D eigenvalue weighted by atomic mass is 16.4. The molecule has 0 radical (unpaired) electrons. The number of hydrogen-bond acceptors (Lipinski definition) is 2. The standard InChI is InChI=1S/C14H18O4/c1-3-9-6-7-11(12(15)16)8(2)14(9,13(17)18)10-4-5-10/h6-8,10H,3-5H2,1-2H3,(H,15,16)(H,17,18). The molecule has 1 saturated carbocycles. The molecule has 0 spiro atoms. The highest BCUT2D eigenvalue weighted by Crippen LogP contribution is 2.58. The summed E-state index contributed by atoms with van der Waals surface area (Å²) in [6, 6.07) is 0. The summed E-state index contributed by atoms with van der Waals surface area (Å²) in [6.07, 6.45) is 5.67. The Bertz CT molecular complexity index is 456. The van der Waals surface area contributed by atoms with Crippen molar-refractivity contribution in [3.8, 4) is 0 Å².